The van der Waals surface area contributed by atoms with Crippen molar-refractivity contribution in [2.45, 2.75) is 39.5 Å². The minimum atomic E-state index is -0.399. The Labute approximate surface area is 213 Å². The van der Waals surface area contributed by atoms with E-state index < -0.39 is 4.92 Å². The molecule has 4 aromatic rings. The van der Waals surface area contributed by atoms with Gasteiger partial charge in [-0.25, -0.2) is 4.99 Å². The SMILES string of the molecule is Cc1cc(C=Nc2sc3c(c2C(=O)Nc2ccccc2)CCCC3)c(C)n1-c1ccc([N+](=O)[O-])cc1. The van der Waals surface area contributed by atoms with E-state index >= 15 is 0 Å². The van der Waals surface area contributed by atoms with E-state index in [-0.39, 0.29) is 11.6 Å². The molecule has 2 aromatic heterocycles. The van der Waals surface area contributed by atoms with Gasteiger partial charge in [0.15, 0.2) is 0 Å². The number of aliphatic imine (C=N–C) groups is 1. The molecule has 182 valence electrons. The van der Waals surface area contributed by atoms with E-state index in [9.17, 15) is 14.9 Å². The highest BCUT2D eigenvalue weighted by Gasteiger charge is 2.25. The van der Waals surface area contributed by atoms with Gasteiger partial charge in [0.05, 0.1) is 10.5 Å². The highest BCUT2D eigenvalue weighted by molar-refractivity contribution is 7.16. The Morgan fingerprint density at radius 1 is 1.08 bits per heavy atom. The summed E-state index contributed by atoms with van der Waals surface area (Å²) in [5, 5.41) is 14.8. The van der Waals surface area contributed by atoms with Crippen LogP contribution in [0.5, 0.6) is 0 Å². The number of amides is 1. The van der Waals surface area contributed by atoms with Crippen molar-refractivity contribution in [3.8, 4) is 5.69 Å². The fraction of sp³-hybridized carbons (Fsp3) is 0.214. The number of nitro benzene ring substituents is 1. The molecule has 1 aliphatic rings. The number of anilines is 1. The lowest BCUT2D eigenvalue weighted by Crippen LogP contribution is -2.14. The van der Waals surface area contributed by atoms with E-state index in [4.69, 9.17) is 4.99 Å². The molecule has 8 heteroatoms. The number of carbonyl (C=O) groups is 1. The molecule has 0 spiro atoms. The molecule has 2 heterocycles. The minimum Gasteiger partial charge on any atom is -0.322 e. The van der Waals surface area contributed by atoms with Crippen LogP contribution in [0, 0.1) is 24.0 Å². The minimum absolute atomic E-state index is 0.0611. The summed E-state index contributed by atoms with van der Waals surface area (Å²) in [6.45, 7) is 3.99. The van der Waals surface area contributed by atoms with Crippen LogP contribution in [-0.4, -0.2) is 21.6 Å². The van der Waals surface area contributed by atoms with E-state index in [1.165, 1.54) is 17.0 Å². The number of hydrogen-bond acceptors (Lipinski definition) is 5. The zero-order valence-corrected chi connectivity index (χ0v) is 21.0. The summed E-state index contributed by atoms with van der Waals surface area (Å²) in [7, 11) is 0. The summed E-state index contributed by atoms with van der Waals surface area (Å²) in [5.74, 6) is -0.121. The Balaban J connectivity index is 1.48. The van der Waals surface area contributed by atoms with Crippen molar-refractivity contribution in [2.24, 2.45) is 4.99 Å². The number of thiophene rings is 1. The number of aromatic nitrogens is 1. The van der Waals surface area contributed by atoms with Gasteiger partial charge in [0.25, 0.3) is 11.6 Å². The Bertz CT molecular complexity index is 1470. The van der Waals surface area contributed by atoms with Crippen LogP contribution < -0.4 is 5.32 Å². The third-order valence-electron chi connectivity index (χ3n) is 6.52. The third-order valence-corrected chi connectivity index (χ3v) is 7.72. The summed E-state index contributed by atoms with van der Waals surface area (Å²) in [4.78, 5) is 30.0. The molecule has 0 radical (unpaired) electrons. The average molecular weight is 499 g/mol. The Morgan fingerprint density at radius 2 is 1.81 bits per heavy atom. The monoisotopic (exact) mass is 498 g/mol. The zero-order chi connectivity index (χ0) is 25.2. The number of non-ortho nitro benzene ring substituents is 1. The lowest BCUT2D eigenvalue weighted by molar-refractivity contribution is -0.384. The van der Waals surface area contributed by atoms with Crippen molar-refractivity contribution in [1.29, 1.82) is 0 Å². The van der Waals surface area contributed by atoms with Crippen molar-refractivity contribution in [3.63, 3.8) is 0 Å². The maximum Gasteiger partial charge on any atom is 0.269 e. The first-order valence-corrected chi connectivity index (χ1v) is 12.7. The Kier molecular flexibility index (Phi) is 6.52. The van der Waals surface area contributed by atoms with Crippen molar-refractivity contribution in [2.75, 3.05) is 5.32 Å². The second-order valence-corrected chi connectivity index (χ2v) is 9.99. The molecule has 1 aliphatic carbocycles. The second kappa shape index (κ2) is 9.91. The van der Waals surface area contributed by atoms with Crippen LogP contribution in [0.1, 0.15) is 50.6 Å². The fourth-order valence-corrected chi connectivity index (χ4v) is 5.99. The smallest absolute Gasteiger partial charge is 0.269 e. The number of nitrogens with zero attached hydrogens (tertiary/aromatic N) is 3. The van der Waals surface area contributed by atoms with Gasteiger partial charge in [-0.2, -0.15) is 0 Å². The van der Waals surface area contributed by atoms with Crippen LogP contribution in [-0.2, 0) is 12.8 Å². The van der Waals surface area contributed by atoms with Crippen LogP contribution >= 0.6 is 11.3 Å². The van der Waals surface area contributed by atoms with E-state index in [1.54, 1.807) is 23.5 Å². The van der Waals surface area contributed by atoms with Gasteiger partial charge in [-0.15, -0.1) is 11.3 Å². The predicted octanol–water partition coefficient (Wildman–Crippen LogP) is 6.95. The van der Waals surface area contributed by atoms with Crippen molar-refractivity contribution >= 4 is 39.8 Å². The van der Waals surface area contributed by atoms with E-state index in [2.05, 4.69) is 5.32 Å². The standard InChI is InChI=1S/C28H26N4O3S/c1-18-16-20(19(2)31(18)22-12-14-23(15-13-22)32(34)35)17-29-28-26(24-10-6-7-11-25(24)36-28)27(33)30-21-8-4-3-5-9-21/h3-5,8-9,12-17H,6-7,10-11H2,1-2H3,(H,30,33). The molecule has 2 aromatic carbocycles. The summed E-state index contributed by atoms with van der Waals surface area (Å²) in [6, 6.07) is 18.0. The predicted molar refractivity (Wildman–Crippen MR) is 145 cm³/mol. The number of rotatable bonds is 6. The zero-order valence-electron chi connectivity index (χ0n) is 20.2. The van der Waals surface area contributed by atoms with Gasteiger partial charge in [0.1, 0.15) is 5.00 Å². The summed E-state index contributed by atoms with van der Waals surface area (Å²) in [6.07, 6.45) is 5.91. The molecular formula is C28H26N4O3S. The van der Waals surface area contributed by atoms with Crippen LogP contribution in [0.25, 0.3) is 5.69 Å². The molecule has 1 amide bonds. The number of nitro groups is 1. The lowest BCUT2D eigenvalue weighted by atomic mass is 9.95. The first-order valence-electron chi connectivity index (χ1n) is 11.9. The van der Waals surface area contributed by atoms with E-state index in [0.29, 0.717) is 5.56 Å². The molecular weight excluding hydrogens is 472 g/mol. The number of benzene rings is 2. The number of nitrogens with one attached hydrogen (secondary N) is 1. The quantitative estimate of drug-likeness (QED) is 0.177. The molecule has 0 bridgehead atoms. The number of hydrogen-bond donors (Lipinski definition) is 1. The first-order chi connectivity index (χ1) is 17.4. The van der Waals surface area contributed by atoms with E-state index in [1.807, 2.05) is 61.0 Å². The van der Waals surface area contributed by atoms with E-state index in [0.717, 1.165) is 64.6 Å². The topological polar surface area (TPSA) is 89.5 Å². The number of aryl methyl sites for hydroxylation is 2. The largest absolute Gasteiger partial charge is 0.322 e. The molecule has 1 N–H and O–H groups in total. The van der Waals surface area contributed by atoms with Gasteiger partial charge in [-0.3, -0.25) is 14.9 Å². The lowest BCUT2D eigenvalue weighted by Gasteiger charge is -2.12. The molecule has 0 saturated heterocycles. The van der Waals surface area contributed by atoms with Crippen LogP contribution in [0.3, 0.4) is 0 Å². The van der Waals surface area contributed by atoms with Crippen LogP contribution in [0.2, 0.25) is 0 Å². The molecule has 7 nitrogen and oxygen atoms in total. The van der Waals surface area contributed by atoms with Crippen molar-refractivity contribution in [3.05, 3.63) is 104 Å². The van der Waals surface area contributed by atoms with Gasteiger partial charge < -0.3 is 9.88 Å². The third kappa shape index (κ3) is 4.59. The number of fused-ring (bicyclic) bond motifs is 1. The average Bonchev–Trinajstić information content (AvgIpc) is 3.39. The van der Waals surface area contributed by atoms with Crippen LogP contribution in [0.15, 0.2) is 65.7 Å². The highest BCUT2D eigenvalue weighted by atomic mass is 32.1. The summed E-state index contributed by atoms with van der Waals surface area (Å²) in [5.41, 5.74) is 6.39. The van der Waals surface area contributed by atoms with Crippen molar-refractivity contribution in [1.82, 2.24) is 4.57 Å². The molecule has 0 unspecified atom stereocenters. The molecule has 0 aliphatic heterocycles. The van der Waals surface area contributed by atoms with Crippen LogP contribution in [0.4, 0.5) is 16.4 Å². The second-order valence-electron chi connectivity index (χ2n) is 8.90. The van der Waals surface area contributed by atoms with Gasteiger partial charge in [-0.05, 0) is 75.4 Å². The Hall–Kier alpha value is -4.04. The maximum absolute atomic E-state index is 13.3. The Morgan fingerprint density at radius 3 is 2.53 bits per heavy atom. The number of carbonyl (C=O) groups excluding carboxylic acids is 1. The molecule has 36 heavy (non-hydrogen) atoms. The van der Waals surface area contributed by atoms with Gasteiger partial charge in [0.2, 0.25) is 0 Å². The molecule has 0 saturated carbocycles. The molecule has 0 atom stereocenters. The highest BCUT2D eigenvalue weighted by Crippen LogP contribution is 2.40. The maximum atomic E-state index is 13.3. The van der Waals surface area contributed by atoms with Gasteiger partial charge >= 0.3 is 0 Å². The van der Waals surface area contributed by atoms with Gasteiger partial charge in [-0.1, -0.05) is 18.2 Å². The first kappa shape index (κ1) is 23.7. The normalized spacial score (nSPS) is 13.1. The summed E-state index contributed by atoms with van der Waals surface area (Å²) < 4.78 is 2.05. The van der Waals surface area contributed by atoms with Gasteiger partial charge in [0, 0.05) is 51.6 Å². The summed E-state index contributed by atoms with van der Waals surface area (Å²) >= 11 is 1.61. The fourth-order valence-electron chi connectivity index (χ4n) is 4.76. The van der Waals surface area contributed by atoms with Crippen molar-refractivity contribution < 1.29 is 9.72 Å². The number of para-hydroxylation sites is 1. The molecule has 0 fully saturated rings. The molecule has 5 rings (SSSR count).